The van der Waals surface area contributed by atoms with Crippen LogP contribution in [0.4, 0.5) is 10.1 Å². The largest absolute Gasteiger partial charge is 0.396 e. The monoisotopic (exact) mass is 214 g/mol. The first kappa shape index (κ1) is 11.0. The average Bonchev–Trinajstić information content (AvgIpc) is 2.18. The van der Waals surface area contributed by atoms with Crippen LogP contribution in [-0.2, 0) is 0 Å². The first-order valence-corrected chi connectivity index (χ1v) is 4.59. The van der Waals surface area contributed by atoms with E-state index >= 15 is 0 Å². The van der Waals surface area contributed by atoms with E-state index in [-0.39, 0.29) is 10.7 Å². The van der Waals surface area contributed by atoms with Crippen molar-refractivity contribution in [2.45, 2.75) is 0 Å². The van der Waals surface area contributed by atoms with Crippen molar-refractivity contribution in [2.24, 2.45) is 0 Å². The number of nitrogens with one attached hydrogen (secondary N) is 1. The second kappa shape index (κ2) is 4.98. The minimum atomic E-state index is -0.557. The first-order chi connectivity index (χ1) is 6.66. The van der Waals surface area contributed by atoms with E-state index in [4.69, 9.17) is 17.3 Å². The van der Waals surface area contributed by atoms with Crippen molar-refractivity contribution < 1.29 is 4.39 Å². The number of rotatable bonds is 3. The smallest absolute Gasteiger partial charge is 0.165 e. The maximum absolute atomic E-state index is 13.2. The number of hydrogen-bond donors (Lipinski definition) is 2. The average molecular weight is 215 g/mol. The Morgan fingerprint density at radius 2 is 2.29 bits per heavy atom. The summed E-state index contributed by atoms with van der Waals surface area (Å²) >= 11 is 5.75. The standard InChI is InChI=1S/C10H12ClFN2/c1-14-6-2-3-7-4-5-8(13)10(12)9(7)11/h2-5,14H,6,13H2,1H3. The summed E-state index contributed by atoms with van der Waals surface area (Å²) in [7, 11) is 1.83. The molecule has 0 aromatic heterocycles. The lowest BCUT2D eigenvalue weighted by molar-refractivity contribution is 0.632. The van der Waals surface area contributed by atoms with E-state index < -0.39 is 5.82 Å². The molecule has 1 aromatic rings. The van der Waals surface area contributed by atoms with Gasteiger partial charge in [0.25, 0.3) is 0 Å². The second-order valence-electron chi connectivity index (χ2n) is 2.83. The molecule has 2 nitrogen and oxygen atoms in total. The summed E-state index contributed by atoms with van der Waals surface area (Å²) in [6.45, 7) is 0.711. The Morgan fingerprint density at radius 1 is 1.57 bits per heavy atom. The molecule has 0 spiro atoms. The molecule has 0 aliphatic carbocycles. The van der Waals surface area contributed by atoms with Crippen molar-refractivity contribution >= 4 is 23.4 Å². The van der Waals surface area contributed by atoms with Gasteiger partial charge in [-0.1, -0.05) is 29.8 Å². The number of hydrogen-bond acceptors (Lipinski definition) is 2. The van der Waals surface area contributed by atoms with Gasteiger partial charge < -0.3 is 11.1 Å². The molecule has 4 heteroatoms. The molecule has 1 rings (SSSR count). The summed E-state index contributed by atoms with van der Waals surface area (Å²) in [5.41, 5.74) is 6.05. The Morgan fingerprint density at radius 3 is 2.93 bits per heavy atom. The van der Waals surface area contributed by atoms with E-state index in [1.54, 1.807) is 12.1 Å². The predicted octanol–water partition coefficient (Wildman–Crippen LogP) is 2.29. The SMILES string of the molecule is CNCC=Cc1ccc(N)c(F)c1Cl. The van der Waals surface area contributed by atoms with Gasteiger partial charge >= 0.3 is 0 Å². The zero-order valence-corrected chi connectivity index (χ0v) is 8.61. The zero-order valence-electron chi connectivity index (χ0n) is 7.85. The fourth-order valence-corrected chi connectivity index (χ4v) is 1.25. The molecule has 0 saturated carbocycles. The maximum atomic E-state index is 13.2. The van der Waals surface area contributed by atoms with Gasteiger partial charge in [-0.2, -0.15) is 0 Å². The van der Waals surface area contributed by atoms with Gasteiger partial charge in [0.2, 0.25) is 0 Å². The molecule has 0 atom stereocenters. The molecular weight excluding hydrogens is 203 g/mol. The predicted molar refractivity (Wildman–Crippen MR) is 58.8 cm³/mol. The Labute approximate surface area is 87.6 Å². The maximum Gasteiger partial charge on any atom is 0.165 e. The lowest BCUT2D eigenvalue weighted by Crippen LogP contribution is -2.03. The van der Waals surface area contributed by atoms with Crippen LogP contribution in [0.2, 0.25) is 5.02 Å². The fraction of sp³-hybridized carbons (Fsp3) is 0.200. The molecule has 1 aromatic carbocycles. The number of likely N-dealkylation sites (N-methyl/N-ethyl adjacent to an activating group) is 1. The lowest BCUT2D eigenvalue weighted by Gasteiger charge is -2.02. The normalized spacial score (nSPS) is 11.1. The lowest BCUT2D eigenvalue weighted by atomic mass is 10.2. The first-order valence-electron chi connectivity index (χ1n) is 4.21. The highest BCUT2D eigenvalue weighted by Gasteiger charge is 2.06. The van der Waals surface area contributed by atoms with Gasteiger partial charge in [-0.15, -0.1) is 0 Å². The van der Waals surface area contributed by atoms with Crippen LogP contribution in [0.3, 0.4) is 0 Å². The number of nitrogen functional groups attached to an aromatic ring is 1. The van der Waals surface area contributed by atoms with Crippen LogP contribution in [0, 0.1) is 5.82 Å². The molecule has 0 unspecified atom stereocenters. The zero-order chi connectivity index (χ0) is 10.6. The van der Waals surface area contributed by atoms with Crippen LogP contribution < -0.4 is 11.1 Å². The molecule has 76 valence electrons. The third-order valence-corrected chi connectivity index (χ3v) is 2.15. The summed E-state index contributed by atoms with van der Waals surface area (Å²) in [4.78, 5) is 0. The van der Waals surface area contributed by atoms with E-state index in [1.165, 1.54) is 6.07 Å². The Balaban J connectivity index is 2.94. The Kier molecular flexibility index (Phi) is 3.92. The molecule has 0 aliphatic rings. The van der Waals surface area contributed by atoms with Gasteiger partial charge in [-0.3, -0.25) is 0 Å². The van der Waals surface area contributed by atoms with E-state index in [0.29, 0.717) is 12.1 Å². The summed E-state index contributed by atoms with van der Waals surface area (Å²) in [5.74, 6) is -0.557. The van der Waals surface area contributed by atoms with Gasteiger partial charge in [0.15, 0.2) is 5.82 Å². The second-order valence-corrected chi connectivity index (χ2v) is 3.21. The number of halogens is 2. The van der Waals surface area contributed by atoms with Crippen molar-refractivity contribution in [3.63, 3.8) is 0 Å². The quantitative estimate of drug-likeness (QED) is 0.758. The fourth-order valence-electron chi connectivity index (χ4n) is 1.01. The van der Waals surface area contributed by atoms with E-state index in [9.17, 15) is 4.39 Å². The molecule has 0 bridgehead atoms. The summed E-state index contributed by atoms with van der Waals surface area (Å²) in [5, 5.41) is 3.00. The molecular formula is C10H12ClFN2. The summed E-state index contributed by atoms with van der Waals surface area (Å²) in [6, 6.07) is 3.19. The Hall–Kier alpha value is -1.06. The van der Waals surface area contributed by atoms with Crippen molar-refractivity contribution in [1.82, 2.24) is 5.32 Å². The molecule has 0 saturated heterocycles. The van der Waals surface area contributed by atoms with Crippen molar-refractivity contribution in [3.05, 3.63) is 34.6 Å². The molecule has 14 heavy (non-hydrogen) atoms. The summed E-state index contributed by atoms with van der Waals surface area (Å²) < 4.78 is 13.2. The number of nitrogens with two attached hydrogens (primary N) is 1. The van der Waals surface area contributed by atoms with Gasteiger partial charge in [-0.05, 0) is 18.7 Å². The van der Waals surface area contributed by atoms with Crippen molar-refractivity contribution in [2.75, 3.05) is 19.3 Å². The summed E-state index contributed by atoms with van der Waals surface area (Å²) in [6.07, 6.45) is 3.61. The minimum Gasteiger partial charge on any atom is -0.396 e. The van der Waals surface area contributed by atoms with Gasteiger partial charge in [0.05, 0.1) is 10.7 Å². The van der Waals surface area contributed by atoms with Crippen LogP contribution in [0.1, 0.15) is 5.56 Å². The van der Waals surface area contributed by atoms with E-state index in [0.717, 1.165) is 0 Å². The van der Waals surface area contributed by atoms with Crippen LogP contribution in [0.5, 0.6) is 0 Å². The molecule has 0 amide bonds. The van der Waals surface area contributed by atoms with E-state index in [1.807, 2.05) is 13.1 Å². The third kappa shape index (κ3) is 2.47. The molecule has 3 N–H and O–H groups in total. The molecule has 0 radical (unpaired) electrons. The number of benzene rings is 1. The van der Waals surface area contributed by atoms with Gasteiger partial charge in [-0.25, -0.2) is 4.39 Å². The third-order valence-electron chi connectivity index (χ3n) is 1.76. The highest BCUT2D eigenvalue weighted by molar-refractivity contribution is 6.32. The van der Waals surface area contributed by atoms with Crippen LogP contribution in [-0.4, -0.2) is 13.6 Å². The van der Waals surface area contributed by atoms with Crippen LogP contribution in [0.15, 0.2) is 18.2 Å². The molecule has 0 heterocycles. The van der Waals surface area contributed by atoms with E-state index in [2.05, 4.69) is 5.32 Å². The van der Waals surface area contributed by atoms with Crippen LogP contribution in [0.25, 0.3) is 6.08 Å². The molecule has 0 fully saturated rings. The minimum absolute atomic E-state index is 0.0670. The molecule has 0 aliphatic heterocycles. The van der Waals surface area contributed by atoms with Crippen LogP contribution >= 0.6 is 11.6 Å². The van der Waals surface area contributed by atoms with Gasteiger partial charge in [0, 0.05) is 6.54 Å². The highest BCUT2D eigenvalue weighted by Crippen LogP contribution is 2.25. The number of anilines is 1. The highest BCUT2D eigenvalue weighted by atomic mass is 35.5. The van der Waals surface area contributed by atoms with Gasteiger partial charge in [0.1, 0.15) is 0 Å². The topological polar surface area (TPSA) is 38.0 Å². The van der Waals surface area contributed by atoms with Crippen molar-refractivity contribution in [1.29, 1.82) is 0 Å². The Bertz CT molecular complexity index is 350. The van der Waals surface area contributed by atoms with Crippen molar-refractivity contribution in [3.8, 4) is 0 Å².